The van der Waals surface area contributed by atoms with Gasteiger partial charge in [0.15, 0.2) is 0 Å². The van der Waals surface area contributed by atoms with E-state index in [2.05, 4.69) is 20.9 Å². The van der Waals surface area contributed by atoms with Crippen LogP contribution in [-0.4, -0.2) is 76.2 Å². The minimum Gasteiger partial charge on any atom is -0.480 e. The normalized spacial score (nSPS) is 14.5. The molecule has 0 saturated carbocycles. The lowest BCUT2D eigenvalue weighted by molar-refractivity contribution is -0.143. The van der Waals surface area contributed by atoms with E-state index >= 15 is 0 Å². The van der Waals surface area contributed by atoms with Crippen LogP contribution in [0.3, 0.4) is 0 Å². The predicted octanol–water partition coefficient (Wildman–Crippen LogP) is -1.28. The monoisotopic (exact) mass is 490 g/mol. The first-order chi connectivity index (χ1) is 16.7. The Balaban J connectivity index is 2.02. The molecule has 192 valence electrons. The lowest BCUT2D eigenvalue weighted by Gasteiger charge is -2.23. The Bertz CT molecular complexity index is 1020. The maximum absolute atomic E-state index is 12.8. The first-order valence-corrected chi connectivity index (χ1v) is 11.4. The van der Waals surface area contributed by atoms with Crippen LogP contribution in [0.4, 0.5) is 0 Å². The summed E-state index contributed by atoms with van der Waals surface area (Å²) in [5.41, 5.74) is 13.5. The number of H-pyrrole nitrogens is 1. The molecule has 0 radical (unpaired) electrons. The molecule has 0 bridgehead atoms. The topological polar surface area (TPSA) is 213 Å². The number of aliphatic carboxylic acids is 1. The molecule has 2 rings (SSSR count). The van der Waals surface area contributed by atoms with E-state index in [1.165, 1.54) is 6.92 Å². The van der Waals surface area contributed by atoms with E-state index in [1.54, 1.807) is 6.20 Å². The van der Waals surface area contributed by atoms with Crippen LogP contribution >= 0.6 is 0 Å². The smallest absolute Gasteiger partial charge is 0.328 e. The zero-order valence-corrected chi connectivity index (χ0v) is 19.6. The van der Waals surface area contributed by atoms with Gasteiger partial charge in [0.25, 0.3) is 0 Å². The molecule has 10 N–H and O–H groups in total. The Morgan fingerprint density at radius 1 is 1.00 bits per heavy atom. The summed E-state index contributed by atoms with van der Waals surface area (Å²) < 4.78 is 0. The second-order valence-electron chi connectivity index (χ2n) is 8.33. The van der Waals surface area contributed by atoms with Crippen molar-refractivity contribution in [3.05, 3.63) is 36.0 Å². The number of aliphatic hydroxyl groups is 1. The summed E-state index contributed by atoms with van der Waals surface area (Å²) in [5.74, 6) is -3.34. The van der Waals surface area contributed by atoms with Crippen molar-refractivity contribution in [3.8, 4) is 0 Å². The standard InChI is InChI=1S/C23H34N6O6/c1-13(20(31)29-19(12-30)23(34)35)27-22(33)18(8-4-5-9-24)28-21(32)16(25)10-14-11-26-17-7-3-2-6-15(14)17/h2-3,6-7,11,13,16,18-19,26,30H,4-5,8-10,12,24-25H2,1H3,(H,27,33)(H,28,32)(H,29,31)(H,34,35). The van der Waals surface area contributed by atoms with Gasteiger partial charge in [-0.25, -0.2) is 4.79 Å². The number of carbonyl (C=O) groups excluding carboxylic acids is 3. The largest absolute Gasteiger partial charge is 0.480 e. The highest BCUT2D eigenvalue weighted by atomic mass is 16.4. The van der Waals surface area contributed by atoms with Crippen LogP contribution in [0.2, 0.25) is 0 Å². The lowest BCUT2D eigenvalue weighted by atomic mass is 10.0. The zero-order valence-electron chi connectivity index (χ0n) is 19.6. The second kappa shape index (κ2) is 13.4. The molecule has 0 fully saturated rings. The molecule has 1 aromatic carbocycles. The number of hydrogen-bond donors (Lipinski definition) is 8. The fourth-order valence-electron chi connectivity index (χ4n) is 3.53. The molecule has 12 heteroatoms. The van der Waals surface area contributed by atoms with E-state index in [-0.39, 0.29) is 12.8 Å². The van der Waals surface area contributed by atoms with Gasteiger partial charge in [0.2, 0.25) is 17.7 Å². The van der Waals surface area contributed by atoms with Crippen LogP contribution in [0.1, 0.15) is 31.7 Å². The Morgan fingerprint density at radius 3 is 2.34 bits per heavy atom. The minimum atomic E-state index is -1.50. The van der Waals surface area contributed by atoms with Crippen molar-refractivity contribution in [1.82, 2.24) is 20.9 Å². The van der Waals surface area contributed by atoms with E-state index in [0.29, 0.717) is 19.4 Å². The van der Waals surface area contributed by atoms with E-state index in [1.807, 2.05) is 24.3 Å². The van der Waals surface area contributed by atoms with Crippen molar-refractivity contribution < 1.29 is 29.4 Å². The number of nitrogens with two attached hydrogens (primary N) is 2. The van der Waals surface area contributed by atoms with Crippen LogP contribution in [0, 0.1) is 0 Å². The lowest BCUT2D eigenvalue weighted by Crippen LogP contribution is -2.56. The summed E-state index contributed by atoms with van der Waals surface area (Å²) in [6, 6.07) is 3.14. The molecule has 1 heterocycles. The molecular weight excluding hydrogens is 456 g/mol. The number of unbranched alkanes of at least 4 members (excludes halogenated alkanes) is 1. The number of aliphatic hydroxyl groups excluding tert-OH is 1. The van der Waals surface area contributed by atoms with Crippen LogP contribution in [0.5, 0.6) is 0 Å². The van der Waals surface area contributed by atoms with Gasteiger partial charge >= 0.3 is 5.97 Å². The third-order valence-corrected chi connectivity index (χ3v) is 5.58. The van der Waals surface area contributed by atoms with Gasteiger partial charge in [0, 0.05) is 17.1 Å². The quantitative estimate of drug-likeness (QED) is 0.149. The van der Waals surface area contributed by atoms with Crippen LogP contribution in [-0.2, 0) is 25.6 Å². The second-order valence-corrected chi connectivity index (χ2v) is 8.33. The number of rotatable bonds is 14. The summed E-state index contributed by atoms with van der Waals surface area (Å²) >= 11 is 0. The van der Waals surface area contributed by atoms with Gasteiger partial charge in [-0.15, -0.1) is 0 Å². The molecule has 12 nitrogen and oxygen atoms in total. The number of aromatic nitrogens is 1. The van der Waals surface area contributed by atoms with Gasteiger partial charge in [-0.05, 0) is 50.8 Å². The number of aromatic amines is 1. The molecule has 35 heavy (non-hydrogen) atoms. The third-order valence-electron chi connectivity index (χ3n) is 5.58. The van der Waals surface area contributed by atoms with Crippen molar-refractivity contribution in [2.45, 2.75) is 56.8 Å². The van der Waals surface area contributed by atoms with Gasteiger partial charge in [-0.3, -0.25) is 14.4 Å². The van der Waals surface area contributed by atoms with E-state index in [9.17, 15) is 19.2 Å². The summed E-state index contributed by atoms with van der Waals surface area (Å²) in [5, 5.41) is 26.2. The number of nitrogens with one attached hydrogen (secondary N) is 4. The predicted molar refractivity (Wildman–Crippen MR) is 129 cm³/mol. The number of para-hydroxylation sites is 1. The van der Waals surface area contributed by atoms with E-state index in [0.717, 1.165) is 16.5 Å². The van der Waals surface area contributed by atoms with Crippen molar-refractivity contribution >= 4 is 34.6 Å². The first kappa shape index (κ1) is 27.8. The highest BCUT2D eigenvalue weighted by molar-refractivity contribution is 5.94. The molecule has 4 atom stereocenters. The van der Waals surface area contributed by atoms with E-state index in [4.69, 9.17) is 21.7 Å². The van der Waals surface area contributed by atoms with Gasteiger partial charge < -0.3 is 42.6 Å². The number of carboxylic acids is 1. The van der Waals surface area contributed by atoms with Crippen molar-refractivity contribution in [3.63, 3.8) is 0 Å². The van der Waals surface area contributed by atoms with Crippen LogP contribution in [0.15, 0.2) is 30.5 Å². The Morgan fingerprint density at radius 2 is 1.69 bits per heavy atom. The first-order valence-electron chi connectivity index (χ1n) is 11.4. The molecular formula is C23H34N6O6. The molecule has 0 spiro atoms. The third kappa shape index (κ3) is 8.05. The van der Waals surface area contributed by atoms with Gasteiger partial charge in [0.05, 0.1) is 12.6 Å². The highest BCUT2D eigenvalue weighted by Crippen LogP contribution is 2.18. The number of carbonyl (C=O) groups is 4. The SMILES string of the molecule is CC(NC(=O)C(CCCCN)NC(=O)C(N)Cc1c[nH]c2ccccc12)C(=O)NC(CO)C(=O)O. The minimum absolute atomic E-state index is 0.254. The fraction of sp³-hybridized carbons (Fsp3) is 0.478. The fourth-order valence-corrected chi connectivity index (χ4v) is 3.53. The number of fused-ring (bicyclic) bond motifs is 1. The Labute approximate surface area is 202 Å². The average molecular weight is 491 g/mol. The van der Waals surface area contributed by atoms with Crippen molar-refractivity contribution in [2.75, 3.05) is 13.2 Å². The van der Waals surface area contributed by atoms with Crippen molar-refractivity contribution in [1.29, 1.82) is 0 Å². The average Bonchev–Trinajstić information content (AvgIpc) is 3.24. The number of amides is 3. The van der Waals surface area contributed by atoms with Gasteiger partial charge in [-0.2, -0.15) is 0 Å². The molecule has 0 aliphatic heterocycles. The maximum atomic E-state index is 12.8. The summed E-state index contributed by atoms with van der Waals surface area (Å²) in [6.07, 6.45) is 3.51. The molecule has 0 aliphatic rings. The molecule has 2 aromatic rings. The van der Waals surface area contributed by atoms with Gasteiger partial charge in [0.1, 0.15) is 18.1 Å². The molecule has 0 saturated heterocycles. The Hall–Kier alpha value is -3.48. The zero-order chi connectivity index (χ0) is 26.0. The highest BCUT2D eigenvalue weighted by Gasteiger charge is 2.28. The summed E-state index contributed by atoms with van der Waals surface area (Å²) in [7, 11) is 0. The van der Waals surface area contributed by atoms with Gasteiger partial charge in [-0.1, -0.05) is 18.2 Å². The van der Waals surface area contributed by atoms with Crippen molar-refractivity contribution in [2.24, 2.45) is 11.5 Å². The Kier molecular flexibility index (Phi) is 10.6. The number of benzene rings is 1. The summed E-state index contributed by atoms with van der Waals surface area (Å²) in [6.45, 7) is 0.984. The summed E-state index contributed by atoms with van der Waals surface area (Å²) in [4.78, 5) is 52.0. The number of carboxylic acid groups (broad SMARTS) is 1. The van der Waals surface area contributed by atoms with E-state index < -0.39 is 54.5 Å². The molecule has 4 unspecified atom stereocenters. The molecule has 1 aromatic heterocycles. The van der Waals surface area contributed by atoms with Crippen LogP contribution in [0.25, 0.3) is 10.9 Å². The number of hydrogen-bond acceptors (Lipinski definition) is 7. The molecule has 0 aliphatic carbocycles. The maximum Gasteiger partial charge on any atom is 0.328 e. The molecule has 3 amide bonds. The van der Waals surface area contributed by atoms with Crippen LogP contribution < -0.4 is 27.4 Å².